The second-order valence-corrected chi connectivity index (χ2v) is 5.13. The second kappa shape index (κ2) is 5.88. The number of likely N-dealkylation sites (N-methyl/N-ethyl adjacent to an activating group) is 1. The Labute approximate surface area is 120 Å². The summed E-state index contributed by atoms with van der Waals surface area (Å²) in [5.74, 6) is -0.344. The van der Waals surface area contributed by atoms with Crippen molar-refractivity contribution in [2.24, 2.45) is 5.73 Å². The Bertz CT molecular complexity index is 525. The summed E-state index contributed by atoms with van der Waals surface area (Å²) in [6.07, 6.45) is -4.21. The Hall–Kier alpha value is -1.83. The normalized spacial score (nSPS) is 17.0. The smallest absolute Gasteiger partial charge is 0.369 e. The molecule has 116 valence electrons. The number of anilines is 1. The number of nitrogens with zero attached hydrogens (tertiary/aromatic N) is 3. The Kier molecular flexibility index (Phi) is 4.36. The van der Waals surface area contributed by atoms with Crippen molar-refractivity contribution in [2.45, 2.75) is 12.6 Å². The van der Waals surface area contributed by atoms with Crippen molar-refractivity contribution in [1.82, 2.24) is 9.88 Å². The van der Waals surface area contributed by atoms with E-state index in [-0.39, 0.29) is 5.56 Å². The number of hydrogen-bond acceptors (Lipinski definition) is 4. The standard InChI is InChI=1S/C13H17F3N4O/c1-19-2-4-20(5-3-19)12-7-9(6-11(17)21)10(8-18-12)13(14,15)16/h7-8H,2-6H2,1H3,(H2,17,21). The second-order valence-electron chi connectivity index (χ2n) is 5.13. The summed E-state index contributed by atoms with van der Waals surface area (Å²) in [5, 5.41) is 0. The minimum Gasteiger partial charge on any atom is -0.369 e. The third-order valence-electron chi connectivity index (χ3n) is 3.47. The van der Waals surface area contributed by atoms with Gasteiger partial charge in [0, 0.05) is 32.4 Å². The molecule has 0 aromatic carbocycles. The molecule has 2 heterocycles. The molecule has 0 atom stereocenters. The van der Waals surface area contributed by atoms with Gasteiger partial charge in [-0.2, -0.15) is 13.2 Å². The molecule has 1 aromatic heterocycles. The van der Waals surface area contributed by atoms with Crippen LogP contribution in [0.4, 0.5) is 19.0 Å². The molecule has 2 N–H and O–H groups in total. The van der Waals surface area contributed by atoms with Crippen molar-refractivity contribution < 1.29 is 18.0 Å². The molecular weight excluding hydrogens is 285 g/mol. The monoisotopic (exact) mass is 302 g/mol. The number of aromatic nitrogens is 1. The number of pyridine rings is 1. The number of carbonyl (C=O) groups excluding carboxylic acids is 1. The fraction of sp³-hybridized carbons (Fsp3) is 0.538. The summed E-state index contributed by atoms with van der Waals surface area (Å²) in [5.41, 5.74) is 4.01. The topological polar surface area (TPSA) is 62.5 Å². The van der Waals surface area contributed by atoms with Gasteiger partial charge in [0.05, 0.1) is 12.0 Å². The lowest BCUT2D eigenvalue weighted by molar-refractivity contribution is -0.138. The van der Waals surface area contributed by atoms with Crippen LogP contribution < -0.4 is 10.6 Å². The fourth-order valence-electron chi connectivity index (χ4n) is 2.28. The lowest BCUT2D eigenvalue weighted by Gasteiger charge is -2.33. The van der Waals surface area contributed by atoms with E-state index in [2.05, 4.69) is 9.88 Å². The summed E-state index contributed by atoms with van der Waals surface area (Å²) in [6, 6.07) is 1.32. The number of halogens is 3. The maximum atomic E-state index is 12.9. The van der Waals surface area contributed by atoms with Crippen LogP contribution in [0.5, 0.6) is 0 Å². The molecule has 8 heteroatoms. The van der Waals surface area contributed by atoms with E-state index in [0.717, 1.165) is 19.3 Å². The van der Waals surface area contributed by atoms with Gasteiger partial charge in [0.25, 0.3) is 0 Å². The highest BCUT2D eigenvalue weighted by Gasteiger charge is 2.34. The van der Waals surface area contributed by atoms with Gasteiger partial charge in [-0.25, -0.2) is 4.98 Å². The van der Waals surface area contributed by atoms with Crippen molar-refractivity contribution in [2.75, 3.05) is 38.1 Å². The van der Waals surface area contributed by atoms with Gasteiger partial charge in [-0.1, -0.05) is 0 Å². The molecule has 1 aromatic rings. The van der Waals surface area contributed by atoms with Crippen LogP contribution in [0, 0.1) is 0 Å². The maximum absolute atomic E-state index is 12.9. The average Bonchev–Trinajstić information content (AvgIpc) is 2.37. The van der Waals surface area contributed by atoms with Crippen LogP contribution in [0.1, 0.15) is 11.1 Å². The highest BCUT2D eigenvalue weighted by atomic mass is 19.4. The van der Waals surface area contributed by atoms with Gasteiger partial charge in [-0.15, -0.1) is 0 Å². The van der Waals surface area contributed by atoms with Crippen molar-refractivity contribution in [3.05, 3.63) is 23.4 Å². The SMILES string of the molecule is CN1CCN(c2cc(CC(N)=O)c(C(F)(F)F)cn2)CC1. The summed E-state index contributed by atoms with van der Waals surface area (Å²) in [7, 11) is 1.98. The van der Waals surface area contributed by atoms with E-state index >= 15 is 0 Å². The molecule has 1 aliphatic rings. The van der Waals surface area contributed by atoms with Gasteiger partial charge in [0.15, 0.2) is 0 Å². The molecule has 5 nitrogen and oxygen atoms in total. The molecule has 0 unspecified atom stereocenters. The van der Waals surface area contributed by atoms with Crippen LogP contribution in [-0.4, -0.2) is 49.0 Å². The number of hydrogen-bond donors (Lipinski definition) is 1. The average molecular weight is 302 g/mol. The first kappa shape index (κ1) is 15.6. The lowest BCUT2D eigenvalue weighted by Crippen LogP contribution is -2.44. The molecule has 0 radical (unpaired) electrons. The van der Waals surface area contributed by atoms with Gasteiger partial charge in [0.2, 0.25) is 5.91 Å². The van der Waals surface area contributed by atoms with Crippen molar-refractivity contribution in [3.63, 3.8) is 0 Å². The first-order valence-electron chi connectivity index (χ1n) is 6.55. The Morgan fingerprint density at radius 2 is 1.95 bits per heavy atom. The van der Waals surface area contributed by atoms with Crippen molar-refractivity contribution in [1.29, 1.82) is 0 Å². The van der Waals surface area contributed by atoms with E-state index < -0.39 is 24.1 Å². The number of carbonyl (C=O) groups is 1. The molecule has 0 spiro atoms. The van der Waals surface area contributed by atoms with Crippen LogP contribution in [0.15, 0.2) is 12.3 Å². The molecule has 1 amide bonds. The van der Waals surface area contributed by atoms with Gasteiger partial charge in [-0.3, -0.25) is 4.79 Å². The molecule has 0 bridgehead atoms. The van der Waals surface area contributed by atoms with Gasteiger partial charge < -0.3 is 15.5 Å². The molecule has 1 fully saturated rings. The molecule has 1 saturated heterocycles. The molecule has 2 rings (SSSR count). The minimum absolute atomic E-state index is 0.126. The predicted octanol–water partition coefficient (Wildman–Crippen LogP) is 0.880. The van der Waals surface area contributed by atoms with E-state index in [0.29, 0.717) is 18.9 Å². The first-order chi connectivity index (χ1) is 9.77. The number of rotatable bonds is 3. The Morgan fingerprint density at radius 3 is 2.48 bits per heavy atom. The van der Waals surface area contributed by atoms with Crippen LogP contribution >= 0.6 is 0 Å². The highest BCUT2D eigenvalue weighted by molar-refractivity contribution is 5.77. The summed E-state index contributed by atoms with van der Waals surface area (Å²) in [6.45, 7) is 3.00. The van der Waals surface area contributed by atoms with Gasteiger partial charge in [-0.05, 0) is 18.7 Å². The first-order valence-corrected chi connectivity index (χ1v) is 6.55. The lowest BCUT2D eigenvalue weighted by atomic mass is 10.1. The Balaban J connectivity index is 2.30. The number of piperazine rings is 1. The van der Waals surface area contributed by atoms with Crippen LogP contribution in [-0.2, 0) is 17.4 Å². The zero-order chi connectivity index (χ0) is 15.6. The van der Waals surface area contributed by atoms with E-state index in [9.17, 15) is 18.0 Å². The number of nitrogens with two attached hydrogens (primary N) is 1. The van der Waals surface area contributed by atoms with Crippen LogP contribution in [0.2, 0.25) is 0 Å². The highest BCUT2D eigenvalue weighted by Crippen LogP contribution is 2.33. The maximum Gasteiger partial charge on any atom is 0.418 e. The van der Waals surface area contributed by atoms with Gasteiger partial charge in [0.1, 0.15) is 5.82 Å². The third kappa shape index (κ3) is 3.84. The summed E-state index contributed by atoms with van der Waals surface area (Å²) in [4.78, 5) is 18.9. The van der Waals surface area contributed by atoms with E-state index in [1.807, 2.05) is 11.9 Å². The summed E-state index contributed by atoms with van der Waals surface area (Å²) >= 11 is 0. The van der Waals surface area contributed by atoms with Crippen molar-refractivity contribution in [3.8, 4) is 0 Å². The van der Waals surface area contributed by atoms with Gasteiger partial charge >= 0.3 is 6.18 Å². The fourth-order valence-corrected chi connectivity index (χ4v) is 2.28. The number of primary amides is 1. The largest absolute Gasteiger partial charge is 0.418 e. The van der Waals surface area contributed by atoms with E-state index in [1.165, 1.54) is 6.07 Å². The summed E-state index contributed by atoms with van der Waals surface area (Å²) < 4.78 is 38.7. The molecule has 0 saturated carbocycles. The van der Waals surface area contributed by atoms with Crippen molar-refractivity contribution >= 4 is 11.7 Å². The zero-order valence-corrected chi connectivity index (χ0v) is 11.7. The van der Waals surface area contributed by atoms with E-state index in [4.69, 9.17) is 5.73 Å². The predicted molar refractivity (Wildman–Crippen MR) is 71.8 cm³/mol. The molecule has 0 aliphatic carbocycles. The Morgan fingerprint density at radius 1 is 1.33 bits per heavy atom. The van der Waals surface area contributed by atoms with Crippen LogP contribution in [0.25, 0.3) is 0 Å². The zero-order valence-electron chi connectivity index (χ0n) is 11.7. The quantitative estimate of drug-likeness (QED) is 0.900. The molecule has 21 heavy (non-hydrogen) atoms. The third-order valence-corrected chi connectivity index (χ3v) is 3.47. The molecule has 1 aliphatic heterocycles. The van der Waals surface area contributed by atoms with Crippen LogP contribution in [0.3, 0.4) is 0 Å². The minimum atomic E-state index is -4.54. The van der Waals surface area contributed by atoms with E-state index in [1.54, 1.807) is 0 Å². The number of alkyl halides is 3. The number of amides is 1. The molecular formula is C13H17F3N4O.